The van der Waals surface area contributed by atoms with Crippen LogP contribution in [0.15, 0.2) is 113 Å². The molecule has 0 atom stereocenters. The molecule has 1 aromatic heterocycles. The molecule has 0 radical (unpaired) electrons. The van der Waals surface area contributed by atoms with Gasteiger partial charge < -0.3 is 10.1 Å². The van der Waals surface area contributed by atoms with Crippen molar-refractivity contribution in [1.82, 2.24) is 9.55 Å². The van der Waals surface area contributed by atoms with Crippen LogP contribution in [0.1, 0.15) is 5.56 Å². The highest BCUT2D eigenvalue weighted by atomic mass is 32.2. The molecule has 0 fully saturated rings. The fourth-order valence-electron chi connectivity index (χ4n) is 3.69. The second kappa shape index (κ2) is 10.5. The van der Waals surface area contributed by atoms with Gasteiger partial charge in [-0.15, -0.1) is 0 Å². The summed E-state index contributed by atoms with van der Waals surface area (Å²) in [5, 5.41) is 3.89. The lowest BCUT2D eigenvalue weighted by Gasteiger charge is -2.13. The highest BCUT2D eigenvalue weighted by Gasteiger charge is 2.15. The number of hydrogen-bond donors (Lipinski definition) is 1. The molecule has 0 spiro atoms. The highest BCUT2D eigenvalue weighted by Crippen LogP contribution is 2.24. The standard InChI is InChI=1S/C29H23N3O3S/c1-20-11-15-22(16-12-20)32-28(34)25-9-5-6-10-26(25)31-29(32)36-19-27(33)30-21-13-17-24(18-14-21)35-23-7-3-2-4-8-23/h2-18H,19H2,1H3,(H,30,33). The van der Waals surface area contributed by atoms with Crippen LogP contribution < -0.4 is 15.6 Å². The Morgan fingerprint density at radius 1 is 0.861 bits per heavy atom. The molecule has 36 heavy (non-hydrogen) atoms. The van der Waals surface area contributed by atoms with Crippen LogP contribution >= 0.6 is 11.8 Å². The molecule has 1 heterocycles. The number of nitrogens with one attached hydrogen (secondary N) is 1. The third kappa shape index (κ3) is 5.31. The minimum absolute atomic E-state index is 0.0961. The summed E-state index contributed by atoms with van der Waals surface area (Å²) < 4.78 is 7.36. The van der Waals surface area contributed by atoms with E-state index in [1.165, 1.54) is 11.8 Å². The molecule has 0 aliphatic heterocycles. The number of nitrogens with zero attached hydrogens (tertiary/aromatic N) is 2. The van der Waals surface area contributed by atoms with Gasteiger partial charge in [0.2, 0.25) is 5.91 Å². The monoisotopic (exact) mass is 493 g/mol. The first-order valence-corrected chi connectivity index (χ1v) is 12.4. The Labute approximate surface area is 212 Å². The summed E-state index contributed by atoms with van der Waals surface area (Å²) in [6.45, 7) is 1.99. The predicted octanol–water partition coefficient (Wildman–Crippen LogP) is 6.22. The summed E-state index contributed by atoms with van der Waals surface area (Å²) in [7, 11) is 0. The van der Waals surface area contributed by atoms with E-state index in [2.05, 4.69) is 5.32 Å². The number of ether oxygens (including phenoxy) is 1. The van der Waals surface area contributed by atoms with E-state index < -0.39 is 0 Å². The first kappa shape index (κ1) is 23.4. The molecule has 0 bridgehead atoms. The molecule has 5 rings (SSSR count). The van der Waals surface area contributed by atoms with E-state index in [1.54, 1.807) is 41.0 Å². The molecule has 4 aromatic carbocycles. The highest BCUT2D eigenvalue weighted by molar-refractivity contribution is 7.99. The molecule has 5 aromatic rings. The number of benzene rings is 4. The van der Waals surface area contributed by atoms with Crippen molar-refractivity contribution < 1.29 is 9.53 Å². The lowest BCUT2D eigenvalue weighted by atomic mass is 10.2. The summed E-state index contributed by atoms with van der Waals surface area (Å²) in [5.41, 5.74) is 2.89. The van der Waals surface area contributed by atoms with E-state index in [-0.39, 0.29) is 17.2 Å². The SMILES string of the molecule is Cc1ccc(-n2c(SCC(=O)Nc3ccc(Oc4ccccc4)cc3)nc3ccccc3c2=O)cc1. The molecular formula is C29H23N3O3S. The van der Waals surface area contributed by atoms with Gasteiger partial charge in [-0.3, -0.25) is 14.2 Å². The van der Waals surface area contributed by atoms with Crippen molar-refractivity contribution in [1.29, 1.82) is 0 Å². The smallest absolute Gasteiger partial charge is 0.266 e. The number of para-hydroxylation sites is 2. The zero-order chi connectivity index (χ0) is 24.9. The largest absolute Gasteiger partial charge is 0.457 e. The van der Waals surface area contributed by atoms with Gasteiger partial charge in [-0.25, -0.2) is 4.98 Å². The van der Waals surface area contributed by atoms with Gasteiger partial charge >= 0.3 is 0 Å². The van der Waals surface area contributed by atoms with Crippen molar-refractivity contribution in [2.75, 3.05) is 11.1 Å². The Kier molecular flexibility index (Phi) is 6.82. The summed E-state index contributed by atoms with van der Waals surface area (Å²) in [4.78, 5) is 30.7. The number of aryl methyl sites for hydroxylation is 1. The van der Waals surface area contributed by atoms with Gasteiger partial charge in [0.1, 0.15) is 11.5 Å². The molecule has 0 unspecified atom stereocenters. The third-order valence-corrected chi connectivity index (χ3v) is 6.43. The number of amides is 1. The Morgan fingerprint density at radius 3 is 2.28 bits per heavy atom. The van der Waals surface area contributed by atoms with Gasteiger partial charge in [-0.1, -0.05) is 59.8 Å². The molecule has 1 N–H and O–H groups in total. The summed E-state index contributed by atoms with van der Waals surface area (Å²) in [6.07, 6.45) is 0. The summed E-state index contributed by atoms with van der Waals surface area (Å²) in [5.74, 6) is 1.32. The zero-order valence-electron chi connectivity index (χ0n) is 19.5. The Hall–Kier alpha value is -4.36. The number of anilines is 1. The van der Waals surface area contributed by atoms with Crippen molar-refractivity contribution in [3.63, 3.8) is 0 Å². The van der Waals surface area contributed by atoms with Gasteiger partial charge in [0.15, 0.2) is 5.16 Å². The number of fused-ring (bicyclic) bond motifs is 1. The van der Waals surface area contributed by atoms with Crippen molar-refractivity contribution in [3.05, 3.63) is 119 Å². The topological polar surface area (TPSA) is 73.2 Å². The Bertz CT molecular complexity index is 1560. The zero-order valence-corrected chi connectivity index (χ0v) is 20.4. The first-order chi connectivity index (χ1) is 17.6. The molecule has 0 aliphatic rings. The fourth-order valence-corrected chi connectivity index (χ4v) is 4.50. The maximum atomic E-state index is 13.3. The maximum absolute atomic E-state index is 13.3. The lowest BCUT2D eigenvalue weighted by molar-refractivity contribution is -0.113. The molecule has 6 nitrogen and oxygen atoms in total. The van der Waals surface area contributed by atoms with Crippen LogP contribution in [0.3, 0.4) is 0 Å². The predicted molar refractivity (Wildman–Crippen MR) is 144 cm³/mol. The minimum atomic E-state index is -0.199. The number of rotatable bonds is 7. The normalized spacial score (nSPS) is 10.8. The summed E-state index contributed by atoms with van der Waals surface area (Å²) >= 11 is 1.22. The van der Waals surface area contributed by atoms with Crippen LogP contribution in [0.25, 0.3) is 16.6 Å². The quantitative estimate of drug-likeness (QED) is 0.215. The number of carbonyl (C=O) groups is 1. The maximum Gasteiger partial charge on any atom is 0.266 e. The first-order valence-electron chi connectivity index (χ1n) is 11.4. The molecule has 0 saturated carbocycles. The number of carbonyl (C=O) groups excluding carboxylic acids is 1. The Morgan fingerprint density at radius 2 is 1.53 bits per heavy atom. The van der Waals surface area contributed by atoms with E-state index in [9.17, 15) is 9.59 Å². The van der Waals surface area contributed by atoms with Crippen LogP contribution in [0.5, 0.6) is 11.5 Å². The second-order valence-corrected chi connectivity index (χ2v) is 9.11. The number of thioether (sulfide) groups is 1. The lowest BCUT2D eigenvalue weighted by Crippen LogP contribution is -2.23. The van der Waals surface area contributed by atoms with Gasteiger partial charge in [0, 0.05) is 5.69 Å². The fraction of sp³-hybridized carbons (Fsp3) is 0.0690. The van der Waals surface area contributed by atoms with E-state index >= 15 is 0 Å². The molecule has 178 valence electrons. The third-order valence-electron chi connectivity index (χ3n) is 5.49. The number of aromatic nitrogens is 2. The van der Waals surface area contributed by atoms with Gasteiger partial charge in [0.05, 0.1) is 22.3 Å². The average molecular weight is 494 g/mol. The molecule has 0 aliphatic carbocycles. The van der Waals surface area contributed by atoms with Gasteiger partial charge in [-0.05, 0) is 67.6 Å². The second-order valence-electron chi connectivity index (χ2n) is 8.16. The van der Waals surface area contributed by atoms with Crippen LogP contribution in [-0.4, -0.2) is 21.2 Å². The van der Waals surface area contributed by atoms with Crippen molar-refractivity contribution in [2.45, 2.75) is 12.1 Å². The van der Waals surface area contributed by atoms with Crippen molar-refractivity contribution in [3.8, 4) is 17.2 Å². The van der Waals surface area contributed by atoms with Crippen LogP contribution in [0, 0.1) is 6.92 Å². The van der Waals surface area contributed by atoms with Crippen LogP contribution in [-0.2, 0) is 4.79 Å². The molecular weight excluding hydrogens is 470 g/mol. The van der Waals surface area contributed by atoms with Crippen LogP contribution in [0.2, 0.25) is 0 Å². The molecule has 0 saturated heterocycles. The van der Waals surface area contributed by atoms with E-state index in [4.69, 9.17) is 9.72 Å². The average Bonchev–Trinajstić information content (AvgIpc) is 2.90. The van der Waals surface area contributed by atoms with Gasteiger partial charge in [-0.2, -0.15) is 0 Å². The van der Waals surface area contributed by atoms with Crippen molar-refractivity contribution in [2.24, 2.45) is 0 Å². The molecule has 1 amide bonds. The minimum Gasteiger partial charge on any atom is -0.457 e. The Balaban J connectivity index is 1.32. The van der Waals surface area contributed by atoms with Crippen LogP contribution in [0.4, 0.5) is 5.69 Å². The van der Waals surface area contributed by atoms with Crippen molar-refractivity contribution >= 4 is 34.3 Å². The number of hydrogen-bond acceptors (Lipinski definition) is 5. The summed E-state index contributed by atoms with van der Waals surface area (Å²) in [6, 6.07) is 31.6. The van der Waals surface area contributed by atoms with E-state index in [1.807, 2.05) is 73.7 Å². The molecule has 7 heteroatoms. The van der Waals surface area contributed by atoms with E-state index in [0.717, 1.165) is 11.3 Å². The van der Waals surface area contributed by atoms with E-state index in [0.29, 0.717) is 33.2 Å². The van der Waals surface area contributed by atoms with Gasteiger partial charge in [0.25, 0.3) is 5.56 Å².